The second-order valence-corrected chi connectivity index (χ2v) is 5.74. The predicted octanol–water partition coefficient (Wildman–Crippen LogP) is 3.65. The van der Waals surface area contributed by atoms with E-state index in [4.69, 9.17) is 0 Å². The number of hydrogen-bond donors (Lipinski definition) is 2. The Balaban J connectivity index is 0.00000180. The van der Waals surface area contributed by atoms with Crippen LogP contribution in [0.4, 0.5) is 5.69 Å². The molecule has 0 aliphatic carbocycles. The molecule has 0 bridgehead atoms. The van der Waals surface area contributed by atoms with E-state index in [9.17, 15) is 4.79 Å². The van der Waals surface area contributed by atoms with Gasteiger partial charge in [-0.15, -0.1) is 12.4 Å². The number of benzene rings is 1. The summed E-state index contributed by atoms with van der Waals surface area (Å²) >= 11 is 3.46. The van der Waals surface area contributed by atoms with Crippen molar-refractivity contribution in [3.05, 3.63) is 28.2 Å². The summed E-state index contributed by atoms with van der Waals surface area (Å²) in [5.74, 6) is 0.0872. The van der Waals surface area contributed by atoms with E-state index in [1.54, 1.807) is 0 Å². The first-order chi connectivity index (χ1) is 8.57. The third-order valence-corrected chi connectivity index (χ3v) is 4.59. The van der Waals surface area contributed by atoms with Crippen molar-refractivity contribution in [1.82, 2.24) is 5.32 Å². The lowest BCUT2D eigenvalue weighted by Crippen LogP contribution is -2.50. The van der Waals surface area contributed by atoms with Crippen molar-refractivity contribution in [3.63, 3.8) is 0 Å². The molecule has 0 radical (unpaired) electrons. The van der Waals surface area contributed by atoms with Crippen LogP contribution in [0.25, 0.3) is 0 Å². The van der Waals surface area contributed by atoms with Gasteiger partial charge >= 0.3 is 0 Å². The average molecular weight is 348 g/mol. The van der Waals surface area contributed by atoms with Crippen LogP contribution in [0.1, 0.15) is 31.7 Å². The first kappa shape index (κ1) is 16.5. The molecule has 19 heavy (non-hydrogen) atoms. The van der Waals surface area contributed by atoms with E-state index in [1.807, 2.05) is 25.1 Å². The molecule has 0 aromatic heterocycles. The van der Waals surface area contributed by atoms with Crippen molar-refractivity contribution < 1.29 is 4.79 Å². The molecule has 1 aromatic carbocycles. The summed E-state index contributed by atoms with van der Waals surface area (Å²) in [6, 6.07) is 5.87. The lowest BCUT2D eigenvalue weighted by Gasteiger charge is -2.26. The second-order valence-electron chi connectivity index (χ2n) is 4.88. The Hall–Kier alpha value is -0.580. The number of hydrogen-bond acceptors (Lipinski definition) is 2. The van der Waals surface area contributed by atoms with Crippen molar-refractivity contribution in [2.45, 2.75) is 38.6 Å². The van der Waals surface area contributed by atoms with Gasteiger partial charge in [-0.1, -0.05) is 22.9 Å². The fourth-order valence-corrected chi connectivity index (χ4v) is 2.68. The Morgan fingerprint density at radius 3 is 2.79 bits per heavy atom. The van der Waals surface area contributed by atoms with Crippen LogP contribution in [0, 0.1) is 6.92 Å². The molecule has 1 saturated heterocycles. The van der Waals surface area contributed by atoms with E-state index in [0.717, 1.165) is 41.5 Å². The summed E-state index contributed by atoms with van der Waals surface area (Å²) in [5, 5.41) is 6.37. The standard InChI is InChI=1S/C14H19BrN2O.ClH/c1-3-14(7-4-8-16-14)13(18)17-11-5-6-12(15)10(2)9-11;/h5-6,9,16H,3-4,7-8H2,1-2H3,(H,17,18);1H. The van der Waals surface area contributed by atoms with Crippen LogP contribution >= 0.6 is 28.3 Å². The minimum absolute atomic E-state index is 0. The van der Waals surface area contributed by atoms with Crippen molar-refractivity contribution in [3.8, 4) is 0 Å². The second kappa shape index (κ2) is 6.73. The maximum Gasteiger partial charge on any atom is 0.244 e. The Kier molecular flexibility index (Phi) is 5.83. The monoisotopic (exact) mass is 346 g/mol. The van der Waals surface area contributed by atoms with Crippen LogP contribution in [-0.2, 0) is 4.79 Å². The first-order valence-electron chi connectivity index (χ1n) is 6.40. The molecule has 1 fully saturated rings. The lowest BCUT2D eigenvalue weighted by atomic mass is 9.93. The Morgan fingerprint density at radius 2 is 2.26 bits per heavy atom. The fourth-order valence-electron chi connectivity index (χ4n) is 2.44. The third kappa shape index (κ3) is 3.50. The number of carbonyl (C=O) groups excluding carboxylic acids is 1. The van der Waals surface area contributed by atoms with E-state index in [2.05, 4.69) is 33.5 Å². The Morgan fingerprint density at radius 1 is 1.53 bits per heavy atom. The number of halogens is 2. The number of anilines is 1. The first-order valence-corrected chi connectivity index (χ1v) is 7.19. The van der Waals surface area contributed by atoms with Gasteiger partial charge in [0.15, 0.2) is 0 Å². The minimum Gasteiger partial charge on any atom is -0.324 e. The van der Waals surface area contributed by atoms with Crippen molar-refractivity contribution in [1.29, 1.82) is 0 Å². The molecule has 1 aliphatic heterocycles. The molecular formula is C14H20BrClN2O. The molecule has 2 N–H and O–H groups in total. The molecule has 106 valence electrons. The zero-order valence-electron chi connectivity index (χ0n) is 11.3. The van der Waals surface area contributed by atoms with E-state index >= 15 is 0 Å². The summed E-state index contributed by atoms with van der Waals surface area (Å²) in [5.41, 5.74) is 1.61. The van der Waals surface area contributed by atoms with Crippen molar-refractivity contribution in [2.75, 3.05) is 11.9 Å². The molecule has 5 heteroatoms. The molecule has 0 spiro atoms. The maximum atomic E-state index is 12.4. The molecule has 1 aromatic rings. The third-order valence-electron chi connectivity index (χ3n) is 3.70. The number of rotatable bonds is 3. The zero-order chi connectivity index (χ0) is 13.2. The molecular weight excluding hydrogens is 328 g/mol. The smallest absolute Gasteiger partial charge is 0.244 e. The highest BCUT2D eigenvalue weighted by Crippen LogP contribution is 2.26. The van der Waals surface area contributed by atoms with Gasteiger partial charge in [-0.05, 0) is 56.5 Å². The van der Waals surface area contributed by atoms with E-state index in [-0.39, 0.29) is 23.9 Å². The van der Waals surface area contributed by atoms with Crippen LogP contribution in [0.5, 0.6) is 0 Å². The number of nitrogens with one attached hydrogen (secondary N) is 2. The highest BCUT2D eigenvalue weighted by Gasteiger charge is 2.38. The number of carbonyl (C=O) groups is 1. The molecule has 1 aliphatic rings. The number of amides is 1. The van der Waals surface area contributed by atoms with Crippen LogP contribution in [0.2, 0.25) is 0 Å². The summed E-state index contributed by atoms with van der Waals surface area (Å²) < 4.78 is 1.06. The lowest BCUT2D eigenvalue weighted by molar-refractivity contribution is -0.122. The quantitative estimate of drug-likeness (QED) is 0.876. The van der Waals surface area contributed by atoms with E-state index in [0.29, 0.717) is 0 Å². The normalized spacial score (nSPS) is 21.8. The van der Waals surface area contributed by atoms with Crippen LogP contribution in [0.15, 0.2) is 22.7 Å². The zero-order valence-corrected chi connectivity index (χ0v) is 13.7. The fraction of sp³-hybridized carbons (Fsp3) is 0.500. The van der Waals surface area contributed by atoms with Crippen molar-refractivity contribution >= 4 is 39.9 Å². The molecule has 1 unspecified atom stereocenters. The molecule has 1 heterocycles. The van der Waals surface area contributed by atoms with Crippen LogP contribution in [0.3, 0.4) is 0 Å². The Labute approximate surface area is 129 Å². The van der Waals surface area contributed by atoms with Gasteiger partial charge in [-0.25, -0.2) is 0 Å². The average Bonchev–Trinajstić information content (AvgIpc) is 2.84. The minimum atomic E-state index is -0.374. The summed E-state index contributed by atoms with van der Waals surface area (Å²) in [4.78, 5) is 12.4. The van der Waals surface area contributed by atoms with Gasteiger partial charge in [-0.2, -0.15) is 0 Å². The highest BCUT2D eigenvalue weighted by atomic mass is 79.9. The maximum absolute atomic E-state index is 12.4. The van der Waals surface area contributed by atoms with Gasteiger partial charge in [0.05, 0.1) is 5.54 Å². The van der Waals surface area contributed by atoms with Gasteiger partial charge in [0.25, 0.3) is 0 Å². The molecule has 0 saturated carbocycles. The highest BCUT2D eigenvalue weighted by molar-refractivity contribution is 9.10. The largest absolute Gasteiger partial charge is 0.324 e. The Bertz CT molecular complexity index is 459. The van der Waals surface area contributed by atoms with Gasteiger partial charge in [-0.3, -0.25) is 4.79 Å². The number of aryl methyl sites for hydroxylation is 1. The van der Waals surface area contributed by atoms with Gasteiger partial charge < -0.3 is 10.6 Å². The van der Waals surface area contributed by atoms with Crippen molar-refractivity contribution in [2.24, 2.45) is 0 Å². The topological polar surface area (TPSA) is 41.1 Å². The molecule has 3 nitrogen and oxygen atoms in total. The SMILES string of the molecule is CCC1(C(=O)Nc2ccc(Br)c(C)c2)CCCN1.Cl. The molecule has 1 amide bonds. The predicted molar refractivity (Wildman–Crippen MR) is 85.0 cm³/mol. The van der Waals surface area contributed by atoms with Gasteiger partial charge in [0, 0.05) is 10.2 Å². The van der Waals surface area contributed by atoms with Crippen LogP contribution < -0.4 is 10.6 Å². The summed E-state index contributed by atoms with van der Waals surface area (Å²) in [6.45, 7) is 5.01. The van der Waals surface area contributed by atoms with E-state index in [1.165, 1.54) is 0 Å². The summed E-state index contributed by atoms with van der Waals surface area (Å²) in [7, 11) is 0. The molecule has 1 atom stereocenters. The van der Waals surface area contributed by atoms with Gasteiger partial charge in [0.1, 0.15) is 0 Å². The summed E-state index contributed by atoms with van der Waals surface area (Å²) in [6.07, 6.45) is 2.82. The van der Waals surface area contributed by atoms with E-state index < -0.39 is 0 Å². The van der Waals surface area contributed by atoms with Crippen LogP contribution in [-0.4, -0.2) is 18.0 Å². The molecule has 2 rings (SSSR count). The van der Waals surface area contributed by atoms with Gasteiger partial charge in [0.2, 0.25) is 5.91 Å².